The lowest BCUT2D eigenvalue weighted by molar-refractivity contribution is -0.133. The summed E-state index contributed by atoms with van der Waals surface area (Å²) in [6, 6.07) is 15.1. The first kappa shape index (κ1) is 17.3. The van der Waals surface area contributed by atoms with Crippen molar-refractivity contribution >= 4 is 16.8 Å². The number of carbonyl (C=O) groups is 1. The topological polar surface area (TPSA) is 64.4 Å². The largest absolute Gasteiger partial charge is 0.497 e. The number of nitrogens with zero attached hydrogens (tertiary/aromatic N) is 3. The van der Waals surface area contributed by atoms with Crippen LogP contribution < -0.4 is 10.3 Å². The molecule has 0 spiro atoms. The molecule has 1 saturated carbocycles. The standard InChI is InChI=1S/C21H21N3O3/c1-27-17-10-6-15(7-11-17)12-24(16-8-9-16)20(25)13-23-14-22-19-5-3-2-4-18(19)21(23)26/h2-7,10-11,14,16H,8-9,12-13H2,1H3. The monoisotopic (exact) mass is 363 g/mol. The van der Waals surface area contributed by atoms with Crippen molar-refractivity contribution in [1.29, 1.82) is 0 Å². The fraction of sp³-hybridized carbons (Fsp3) is 0.286. The van der Waals surface area contributed by atoms with Crippen molar-refractivity contribution in [3.8, 4) is 5.75 Å². The Bertz CT molecular complexity index is 1020. The zero-order valence-electron chi connectivity index (χ0n) is 15.2. The van der Waals surface area contributed by atoms with Gasteiger partial charge in [0.25, 0.3) is 5.56 Å². The van der Waals surface area contributed by atoms with E-state index in [9.17, 15) is 9.59 Å². The summed E-state index contributed by atoms with van der Waals surface area (Å²) in [5, 5.41) is 0.529. The van der Waals surface area contributed by atoms with Gasteiger partial charge in [0.1, 0.15) is 12.3 Å². The molecule has 0 saturated heterocycles. The van der Waals surface area contributed by atoms with Gasteiger partial charge in [-0.3, -0.25) is 14.2 Å². The summed E-state index contributed by atoms with van der Waals surface area (Å²) in [7, 11) is 1.63. The molecule has 0 bridgehead atoms. The first-order valence-electron chi connectivity index (χ1n) is 9.02. The second kappa shape index (κ2) is 7.23. The zero-order valence-corrected chi connectivity index (χ0v) is 15.2. The summed E-state index contributed by atoms with van der Waals surface area (Å²) in [5.74, 6) is 0.726. The molecule has 3 aromatic rings. The Balaban J connectivity index is 1.54. The minimum atomic E-state index is -0.186. The van der Waals surface area contributed by atoms with Gasteiger partial charge in [-0.2, -0.15) is 0 Å². The predicted octanol–water partition coefficient (Wildman–Crippen LogP) is 2.60. The van der Waals surface area contributed by atoms with Gasteiger partial charge in [0.05, 0.1) is 24.3 Å². The van der Waals surface area contributed by atoms with Crippen LogP contribution in [0.4, 0.5) is 0 Å². The van der Waals surface area contributed by atoms with Gasteiger partial charge in [0, 0.05) is 12.6 Å². The summed E-state index contributed by atoms with van der Waals surface area (Å²) >= 11 is 0. The van der Waals surface area contributed by atoms with Crippen LogP contribution in [0.5, 0.6) is 5.75 Å². The summed E-state index contributed by atoms with van der Waals surface area (Å²) in [4.78, 5) is 31.7. The maximum atomic E-state index is 12.9. The van der Waals surface area contributed by atoms with Crippen LogP contribution in [-0.2, 0) is 17.9 Å². The van der Waals surface area contributed by atoms with Crippen LogP contribution in [0.15, 0.2) is 59.7 Å². The Hall–Kier alpha value is -3.15. The lowest BCUT2D eigenvalue weighted by Crippen LogP contribution is -2.37. The molecule has 6 heteroatoms. The quantitative estimate of drug-likeness (QED) is 0.675. The van der Waals surface area contributed by atoms with Crippen LogP contribution in [0.2, 0.25) is 0 Å². The predicted molar refractivity (Wildman–Crippen MR) is 103 cm³/mol. The van der Waals surface area contributed by atoms with Gasteiger partial charge in [-0.25, -0.2) is 4.98 Å². The molecule has 1 aromatic heterocycles. The fourth-order valence-corrected chi connectivity index (χ4v) is 3.19. The molecule has 0 aliphatic heterocycles. The highest BCUT2D eigenvalue weighted by molar-refractivity contribution is 5.79. The number of rotatable bonds is 6. The van der Waals surface area contributed by atoms with Crippen molar-refractivity contribution < 1.29 is 9.53 Å². The molecule has 6 nitrogen and oxygen atoms in total. The molecule has 0 atom stereocenters. The molecule has 1 aliphatic carbocycles. The van der Waals surface area contributed by atoms with E-state index in [1.807, 2.05) is 35.2 Å². The van der Waals surface area contributed by atoms with Crippen molar-refractivity contribution in [2.75, 3.05) is 7.11 Å². The minimum absolute atomic E-state index is 0.00330. The number of para-hydroxylation sites is 1. The summed E-state index contributed by atoms with van der Waals surface area (Å²) in [6.07, 6.45) is 3.47. The Morgan fingerprint density at radius 3 is 2.63 bits per heavy atom. The van der Waals surface area contributed by atoms with Gasteiger partial charge >= 0.3 is 0 Å². The van der Waals surface area contributed by atoms with E-state index in [0.29, 0.717) is 17.4 Å². The summed E-state index contributed by atoms with van der Waals surface area (Å²) in [6.45, 7) is 0.534. The van der Waals surface area contributed by atoms with Crippen LogP contribution in [0.3, 0.4) is 0 Å². The lowest BCUT2D eigenvalue weighted by atomic mass is 10.2. The van der Waals surface area contributed by atoms with Crippen molar-refractivity contribution in [3.63, 3.8) is 0 Å². The highest BCUT2D eigenvalue weighted by Crippen LogP contribution is 2.29. The van der Waals surface area contributed by atoms with Gasteiger partial charge in [-0.05, 0) is 42.7 Å². The number of aromatic nitrogens is 2. The van der Waals surface area contributed by atoms with E-state index in [0.717, 1.165) is 24.2 Å². The molecule has 138 valence electrons. The van der Waals surface area contributed by atoms with E-state index in [1.54, 1.807) is 25.3 Å². The van der Waals surface area contributed by atoms with Gasteiger partial charge in [0.15, 0.2) is 0 Å². The Kier molecular flexibility index (Phi) is 4.62. The van der Waals surface area contributed by atoms with Crippen molar-refractivity contribution in [3.05, 3.63) is 70.8 Å². The number of amides is 1. The van der Waals surface area contributed by atoms with E-state index < -0.39 is 0 Å². The third kappa shape index (κ3) is 3.69. The van der Waals surface area contributed by atoms with Crippen molar-refractivity contribution in [1.82, 2.24) is 14.5 Å². The van der Waals surface area contributed by atoms with Gasteiger partial charge in [0.2, 0.25) is 5.91 Å². The van der Waals surface area contributed by atoms with Crippen LogP contribution in [0.1, 0.15) is 18.4 Å². The average molecular weight is 363 g/mol. The zero-order chi connectivity index (χ0) is 18.8. The number of hydrogen-bond donors (Lipinski definition) is 0. The Labute approximate surface area is 157 Å². The van der Waals surface area contributed by atoms with E-state index in [4.69, 9.17) is 4.74 Å². The molecule has 1 amide bonds. The first-order valence-corrected chi connectivity index (χ1v) is 9.02. The van der Waals surface area contributed by atoms with Gasteiger partial charge in [-0.15, -0.1) is 0 Å². The number of fused-ring (bicyclic) bond motifs is 1. The third-order valence-corrected chi connectivity index (χ3v) is 4.86. The SMILES string of the molecule is COc1ccc(CN(C(=O)Cn2cnc3ccccc3c2=O)C2CC2)cc1. The molecule has 0 N–H and O–H groups in total. The van der Waals surface area contributed by atoms with Gasteiger partial charge in [-0.1, -0.05) is 24.3 Å². The smallest absolute Gasteiger partial charge is 0.261 e. The molecule has 1 heterocycles. The Morgan fingerprint density at radius 1 is 1.19 bits per heavy atom. The summed E-state index contributed by atoms with van der Waals surface area (Å²) < 4.78 is 6.58. The normalized spacial score (nSPS) is 13.5. The van der Waals surface area contributed by atoms with E-state index >= 15 is 0 Å². The van der Waals surface area contributed by atoms with E-state index in [-0.39, 0.29) is 24.1 Å². The minimum Gasteiger partial charge on any atom is -0.497 e. The maximum absolute atomic E-state index is 12.9. The number of benzene rings is 2. The molecular formula is C21H21N3O3. The van der Waals surface area contributed by atoms with Crippen molar-refractivity contribution in [2.24, 2.45) is 0 Å². The number of methoxy groups -OCH3 is 1. The van der Waals surface area contributed by atoms with Crippen LogP contribution in [0.25, 0.3) is 10.9 Å². The highest BCUT2D eigenvalue weighted by Gasteiger charge is 2.32. The van der Waals surface area contributed by atoms with E-state index in [2.05, 4.69) is 4.98 Å². The summed E-state index contributed by atoms with van der Waals surface area (Å²) in [5.41, 5.74) is 1.50. The highest BCUT2D eigenvalue weighted by atomic mass is 16.5. The lowest BCUT2D eigenvalue weighted by Gasteiger charge is -2.23. The maximum Gasteiger partial charge on any atom is 0.261 e. The average Bonchev–Trinajstić information content (AvgIpc) is 3.54. The Morgan fingerprint density at radius 2 is 1.93 bits per heavy atom. The van der Waals surface area contributed by atoms with Crippen molar-refractivity contribution in [2.45, 2.75) is 32.0 Å². The molecule has 2 aromatic carbocycles. The van der Waals surface area contributed by atoms with Crippen LogP contribution in [0, 0.1) is 0 Å². The molecular weight excluding hydrogens is 342 g/mol. The molecule has 1 fully saturated rings. The molecule has 0 radical (unpaired) electrons. The van der Waals surface area contributed by atoms with E-state index in [1.165, 1.54) is 10.9 Å². The fourth-order valence-electron chi connectivity index (χ4n) is 3.19. The van der Waals surface area contributed by atoms with Gasteiger partial charge < -0.3 is 9.64 Å². The number of ether oxygens (including phenoxy) is 1. The number of carbonyl (C=O) groups excluding carboxylic acids is 1. The van der Waals surface area contributed by atoms with Crippen LogP contribution >= 0.6 is 0 Å². The molecule has 1 aliphatic rings. The second-order valence-corrected chi connectivity index (χ2v) is 6.80. The first-order chi connectivity index (χ1) is 13.2. The van der Waals surface area contributed by atoms with Crippen LogP contribution in [-0.4, -0.2) is 33.5 Å². The third-order valence-electron chi connectivity index (χ3n) is 4.86. The molecule has 0 unspecified atom stereocenters. The number of hydrogen-bond acceptors (Lipinski definition) is 4. The molecule has 4 rings (SSSR count). The second-order valence-electron chi connectivity index (χ2n) is 6.80. The molecule has 27 heavy (non-hydrogen) atoms.